The predicted octanol–water partition coefficient (Wildman–Crippen LogP) is 4.66. The van der Waals surface area contributed by atoms with E-state index < -0.39 is 0 Å². The highest BCUT2D eigenvalue weighted by atomic mass is 127. The van der Waals surface area contributed by atoms with Crippen molar-refractivity contribution in [2.75, 3.05) is 11.9 Å². The van der Waals surface area contributed by atoms with Crippen LogP contribution in [0.3, 0.4) is 0 Å². The van der Waals surface area contributed by atoms with Gasteiger partial charge in [0.2, 0.25) is 0 Å². The number of hydrogen-bond donors (Lipinski definition) is 1. The third-order valence-corrected chi connectivity index (χ3v) is 4.12. The molecule has 1 nitrogen and oxygen atoms in total. The van der Waals surface area contributed by atoms with E-state index >= 15 is 0 Å². The number of rotatable bonds is 4. The van der Waals surface area contributed by atoms with Crippen LogP contribution < -0.4 is 5.32 Å². The Morgan fingerprint density at radius 1 is 1.31 bits per heavy atom. The van der Waals surface area contributed by atoms with Gasteiger partial charge in [0, 0.05) is 15.0 Å². The largest absolute Gasteiger partial charge is 0.383 e. The zero-order valence-corrected chi connectivity index (χ0v) is 12.3. The molecule has 0 bridgehead atoms. The summed E-state index contributed by atoms with van der Waals surface area (Å²) in [6.45, 7) is 0.917. The first-order valence-electron chi connectivity index (χ1n) is 4.97. The Morgan fingerprint density at radius 2 is 2.19 bits per heavy atom. The van der Waals surface area contributed by atoms with Gasteiger partial charge in [-0.1, -0.05) is 17.7 Å². The Kier molecular flexibility index (Phi) is 4.49. The van der Waals surface area contributed by atoms with Crippen molar-refractivity contribution >= 4 is 51.2 Å². The van der Waals surface area contributed by atoms with Gasteiger partial charge < -0.3 is 5.32 Å². The molecule has 84 valence electrons. The number of benzene rings is 1. The minimum Gasteiger partial charge on any atom is -0.383 e. The van der Waals surface area contributed by atoms with Gasteiger partial charge >= 0.3 is 0 Å². The second-order valence-corrected chi connectivity index (χ2v) is 6.07. The van der Waals surface area contributed by atoms with Crippen LogP contribution in [0.5, 0.6) is 0 Å². The van der Waals surface area contributed by atoms with Crippen LogP contribution in [0.2, 0.25) is 5.02 Å². The van der Waals surface area contributed by atoms with Crippen molar-refractivity contribution in [3.05, 3.63) is 49.2 Å². The highest BCUT2D eigenvalue weighted by Gasteiger charge is 2.00. The molecule has 0 aliphatic heterocycles. The van der Waals surface area contributed by atoms with Gasteiger partial charge in [-0.3, -0.25) is 0 Å². The monoisotopic (exact) mass is 363 g/mol. The fraction of sp³-hybridized carbons (Fsp3) is 0.167. The molecule has 0 aliphatic carbocycles. The van der Waals surface area contributed by atoms with E-state index in [1.807, 2.05) is 12.1 Å². The van der Waals surface area contributed by atoms with E-state index in [-0.39, 0.29) is 0 Å². The topological polar surface area (TPSA) is 12.0 Å². The second-order valence-electron chi connectivity index (χ2n) is 3.38. The maximum absolute atomic E-state index is 6.13. The SMILES string of the molecule is Clc1cc(I)ccc1NCCc1cccs1. The maximum atomic E-state index is 6.13. The van der Waals surface area contributed by atoms with Crippen LogP contribution in [0.15, 0.2) is 35.7 Å². The summed E-state index contributed by atoms with van der Waals surface area (Å²) < 4.78 is 1.16. The molecular formula is C12H11ClINS. The lowest BCUT2D eigenvalue weighted by molar-refractivity contribution is 1.04. The van der Waals surface area contributed by atoms with Gasteiger partial charge in [-0.2, -0.15) is 0 Å². The van der Waals surface area contributed by atoms with Gasteiger partial charge in [0.05, 0.1) is 10.7 Å². The quantitative estimate of drug-likeness (QED) is 0.779. The fourth-order valence-corrected chi connectivity index (χ4v) is 3.04. The summed E-state index contributed by atoms with van der Waals surface area (Å²) in [5.41, 5.74) is 1.01. The highest BCUT2D eigenvalue weighted by molar-refractivity contribution is 14.1. The van der Waals surface area contributed by atoms with Gasteiger partial charge in [-0.25, -0.2) is 0 Å². The van der Waals surface area contributed by atoms with Gasteiger partial charge in [0.25, 0.3) is 0 Å². The molecule has 16 heavy (non-hydrogen) atoms. The van der Waals surface area contributed by atoms with Gasteiger partial charge in [0.1, 0.15) is 0 Å². The average Bonchev–Trinajstić information content (AvgIpc) is 2.74. The van der Waals surface area contributed by atoms with E-state index in [4.69, 9.17) is 11.6 Å². The van der Waals surface area contributed by atoms with Crippen molar-refractivity contribution in [2.24, 2.45) is 0 Å². The highest BCUT2D eigenvalue weighted by Crippen LogP contribution is 2.23. The first-order valence-corrected chi connectivity index (χ1v) is 7.30. The Bertz CT molecular complexity index is 456. The predicted molar refractivity (Wildman–Crippen MR) is 80.7 cm³/mol. The number of anilines is 1. The first-order chi connectivity index (χ1) is 7.75. The second kappa shape index (κ2) is 5.89. The molecule has 1 heterocycles. The lowest BCUT2D eigenvalue weighted by Gasteiger charge is -2.07. The van der Waals surface area contributed by atoms with Crippen molar-refractivity contribution in [1.82, 2.24) is 0 Å². The summed E-state index contributed by atoms with van der Waals surface area (Å²) >= 11 is 10.2. The minimum atomic E-state index is 0.790. The van der Waals surface area contributed by atoms with Crippen molar-refractivity contribution in [3.63, 3.8) is 0 Å². The molecule has 4 heteroatoms. The average molecular weight is 364 g/mol. The summed E-state index contributed by atoms with van der Waals surface area (Å²) in [6, 6.07) is 10.3. The molecule has 0 unspecified atom stereocenters. The lowest BCUT2D eigenvalue weighted by atomic mass is 10.3. The van der Waals surface area contributed by atoms with Crippen LogP contribution in [0.4, 0.5) is 5.69 Å². The molecule has 0 saturated carbocycles. The van der Waals surface area contributed by atoms with E-state index in [2.05, 4.69) is 51.5 Å². The van der Waals surface area contributed by atoms with E-state index in [1.165, 1.54) is 4.88 Å². The smallest absolute Gasteiger partial charge is 0.0648 e. The van der Waals surface area contributed by atoms with Gasteiger partial charge in [0.15, 0.2) is 0 Å². The van der Waals surface area contributed by atoms with E-state index in [9.17, 15) is 0 Å². The number of halogens is 2. The molecule has 1 aromatic carbocycles. The molecule has 0 aliphatic rings. The molecule has 2 rings (SSSR count). The van der Waals surface area contributed by atoms with Crippen molar-refractivity contribution in [3.8, 4) is 0 Å². The van der Waals surface area contributed by atoms with Crippen molar-refractivity contribution in [2.45, 2.75) is 6.42 Å². The molecule has 0 atom stereocenters. The van der Waals surface area contributed by atoms with Crippen LogP contribution >= 0.6 is 45.5 Å². The fourth-order valence-electron chi connectivity index (χ4n) is 1.41. The van der Waals surface area contributed by atoms with Gasteiger partial charge in [-0.15, -0.1) is 11.3 Å². The molecule has 0 amide bonds. The minimum absolute atomic E-state index is 0.790. The molecule has 0 fully saturated rings. The zero-order chi connectivity index (χ0) is 11.4. The molecular weight excluding hydrogens is 353 g/mol. The standard InChI is InChI=1S/C12H11ClINS/c13-11-8-9(14)3-4-12(11)15-6-5-10-2-1-7-16-10/h1-4,7-8,15H,5-6H2. The molecule has 0 saturated heterocycles. The molecule has 0 spiro atoms. The summed E-state index contributed by atoms with van der Waals surface area (Å²) in [4.78, 5) is 1.40. The number of hydrogen-bond acceptors (Lipinski definition) is 2. The molecule has 1 aromatic heterocycles. The van der Waals surface area contributed by atoms with E-state index in [0.717, 1.165) is 27.2 Å². The first kappa shape index (κ1) is 12.2. The van der Waals surface area contributed by atoms with Crippen LogP contribution in [-0.2, 0) is 6.42 Å². The van der Waals surface area contributed by atoms with Crippen LogP contribution in [0.25, 0.3) is 0 Å². The Morgan fingerprint density at radius 3 is 2.88 bits per heavy atom. The molecule has 0 radical (unpaired) electrons. The Hall–Kier alpha value is -0.260. The Labute approximate surface area is 118 Å². The Balaban J connectivity index is 1.90. The number of thiophene rings is 1. The summed E-state index contributed by atoms with van der Waals surface area (Å²) in [6.07, 6.45) is 1.04. The summed E-state index contributed by atoms with van der Waals surface area (Å²) in [7, 11) is 0. The number of nitrogens with one attached hydrogen (secondary N) is 1. The van der Waals surface area contributed by atoms with Crippen molar-refractivity contribution < 1.29 is 0 Å². The third kappa shape index (κ3) is 3.37. The van der Waals surface area contributed by atoms with Crippen LogP contribution in [0.1, 0.15) is 4.88 Å². The van der Waals surface area contributed by atoms with E-state index in [0.29, 0.717) is 0 Å². The summed E-state index contributed by atoms with van der Waals surface area (Å²) in [5.74, 6) is 0. The zero-order valence-electron chi connectivity index (χ0n) is 8.54. The van der Waals surface area contributed by atoms with Crippen LogP contribution in [-0.4, -0.2) is 6.54 Å². The van der Waals surface area contributed by atoms with Crippen LogP contribution in [0, 0.1) is 3.57 Å². The maximum Gasteiger partial charge on any atom is 0.0648 e. The normalized spacial score (nSPS) is 10.4. The third-order valence-electron chi connectivity index (χ3n) is 2.20. The summed E-state index contributed by atoms with van der Waals surface area (Å²) in [5, 5.41) is 6.24. The van der Waals surface area contributed by atoms with Gasteiger partial charge in [-0.05, 0) is 58.7 Å². The lowest BCUT2D eigenvalue weighted by Crippen LogP contribution is -2.04. The van der Waals surface area contributed by atoms with E-state index in [1.54, 1.807) is 11.3 Å². The van der Waals surface area contributed by atoms with Crippen molar-refractivity contribution in [1.29, 1.82) is 0 Å². The molecule has 1 N–H and O–H groups in total. The molecule has 2 aromatic rings.